The number of piperidine rings is 1. The van der Waals surface area contributed by atoms with Gasteiger partial charge in [0.2, 0.25) is 0 Å². The van der Waals surface area contributed by atoms with Gasteiger partial charge in [-0.1, -0.05) is 45.0 Å². The number of nitrogens with zero attached hydrogens (tertiary/aromatic N) is 3. The lowest BCUT2D eigenvalue weighted by Crippen LogP contribution is -2.38. The summed E-state index contributed by atoms with van der Waals surface area (Å²) in [5.74, 6) is 0.775. The Hall–Kier alpha value is -2.32. The lowest BCUT2D eigenvalue weighted by Gasteiger charge is -2.30. The Morgan fingerprint density at radius 3 is 2.65 bits per heavy atom. The van der Waals surface area contributed by atoms with Gasteiger partial charge in [0.1, 0.15) is 12.4 Å². The van der Waals surface area contributed by atoms with E-state index in [1.807, 2.05) is 39.0 Å². The fraction of sp³-hybridized carbons (Fsp3) is 0.500. The van der Waals surface area contributed by atoms with Crippen molar-refractivity contribution in [1.82, 2.24) is 14.7 Å². The molecule has 9 heteroatoms. The van der Waals surface area contributed by atoms with Gasteiger partial charge in [-0.15, -0.1) is 11.3 Å². The van der Waals surface area contributed by atoms with Crippen LogP contribution in [0.25, 0.3) is 0 Å². The van der Waals surface area contributed by atoms with Crippen LogP contribution in [-0.4, -0.2) is 46.4 Å². The molecule has 2 aromatic heterocycles. The van der Waals surface area contributed by atoms with Crippen LogP contribution >= 0.6 is 22.9 Å². The summed E-state index contributed by atoms with van der Waals surface area (Å²) in [6, 6.07) is 5.78. The minimum atomic E-state index is -0.565. The first-order chi connectivity index (χ1) is 14.7. The van der Waals surface area contributed by atoms with Crippen molar-refractivity contribution in [2.45, 2.75) is 46.1 Å². The summed E-state index contributed by atoms with van der Waals surface area (Å²) >= 11 is 7.53. The number of nitrogens with one attached hydrogen (secondary N) is 1. The lowest BCUT2D eigenvalue weighted by molar-refractivity contribution is 0.0750. The number of thiophene rings is 1. The average Bonchev–Trinajstić information content (AvgIpc) is 3.35. The van der Waals surface area contributed by atoms with Crippen molar-refractivity contribution in [1.29, 1.82) is 0 Å². The molecule has 1 aliphatic heterocycles. The van der Waals surface area contributed by atoms with Gasteiger partial charge in [-0.05, 0) is 25.0 Å². The molecule has 0 saturated carbocycles. The maximum atomic E-state index is 13.0. The first-order valence-electron chi connectivity index (χ1n) is 10.3. The summed E-state index contributed by atoms with van der Waals surface area (Å²) in [5, 5.41) is 8.01. The molecule has 0 aromatic carbocycles. The molecular formula is C22H29ClN4O3S. The Morgan fingerprint density at radius 2 is 2.06 bits per heavy atom. The smallest absolute Gasteiger partial charge is 0.410 e. The lowest BCUT2D eigenvalue weighted by atomic mass is 9.94. The highest BCUT2D eigenvalue weighted by Gasteiger charge is 2.30. The number of hydrogen-bond donors (Lipinski definition) is 1. The first-order valence-corrected chi connectivity index (χ1v) is 11.5. The maximum Gasteiger partial charge on any atom is 0.410 e. The van der Waals surface area contributed by atoms with E-state index in [1.165, 1.54) is 16.0 Å². The van der Waals surface area contributed by atoms with Crippen LogP contribution in [0.4, 0.5) is 10.6 Å². The van der Waals surface area contributed by atoms with Gasteiger partial charge in [0.15, 0.2) is 0 Å². The fourth-order valence-corrected chi connectivity index (χ4v) is 4.43. The normalized spacial score (nSPS) is 15.0. The van der Waals surface area contributed by atoms with E-state index in [4.69, 9.17) is 16.3 Å². The fourth-order valence-electron chi connectivity index (χ4n) is 3.40. The predicted octanol–water partition coefficient (Wildman–Crippen LogP) is 5.40. The molecule has 7 nitrogen and oxygen atoms in total. The van der Waals surface area contributed by atoms with Crippen LogP contribution in [0.15, 0.2) is 30.9 Å². The zero-order valence-electron chi connectivity index (χ0n) is 18.2. The van der Waals surface area contributed by atoms with Crippen molar-refractivity contribution in [3.05, 3.63) is 45.8 Å². The average molecular weight is 465 g/mol. The molecule has 1 saturated heterocycles. The van der Waals surface area contributed by atoms with E-state index in [0.717, 1.165) is 27.7 Å². The van der Waals surface area contributed by atoms with Crippen molar-refractivity contribution < 1.29 is 14.3 Å². The van der Waals surface area contributed by atoms with Gasteiger partial charge in [-0.25, -0.2) is 4.79 Å². The molecule has 0 atom stereocenters. The van der Waals surface area contributed by atoms with Crippen molar-refractivity contribution >= 4 is 40.8 Å². The summed E-state index contributed by atoms with van der Waals surface area (Å²) in [7, 11) is 0. The second kappa shape index (κ2) is 9.87. The number of likely N-dealkylation sites (tertiary alicyclic amines) is 1. The molecule has 1 aliphatic rings. The highest BCUT2D eigenvalue weighted by Crippen LogP contribution is 2.31. The molecular weight excluding hydrogens is 436 g/mol. The van der Waals surface area contributed by atoms with E-state index in [2.05, 4.69) is 17.0 Å². The van der Waals surface area contributed by atoms with Crippen LogP contribution in [0.5, 0.6) is 0 Å². The van der Waals surface area contributed by atoms with Crippen molar-refractivity contribution in [2.75, 3.05) is 25.0 Å². The molecule has 31 heavy (non-hydrogen) atoms. The number of carbonyl (C=O) groups excluding carboxylic acids is 2. The van der Waals surface area contributed by atoms with E-state index >= 15 is 0 Å². The zero-order chi connectivity index (χ0) is 22.6. The van der Waals surface area contributed by atoms with Gasteiger partial charge in [0, 0.05) is 35.4 Å². The van der Waals surface area contributed by atoms with Crippen molar-refractivity contribution in [3.8, 4) is 0 Å². The molecule has 1 amide bonds. The van der Waals surface area contributed by atoms with E-state index in [9.17, 15) is 9.59 Å². The standard InChI is InChI=1S/C22H29ClN4O3S/c1-5-12-30-21(29)26-10-8-15(9-11-26)17-13-19(24-14-16-6-7-18(23)31-16)27(25-17)20(28)22(2,3)4/h5-7,13,15,24H,1,8-12,14H2,2-4H3. The second-order valence-electron chi connectivity index (χ2n) is 8.61. The molecule has 2 aromatic rings. The highest BCUT2D eigenvalue weighted by molar-refractivity contribution is 7.16. The minimum absolute atomic E-state index is 0.0732. The van der Waals surface area contributed by atoms with Crippen LogP contribution in [0.2, 0.25) is 4.34 Å². The summed E-state index contributed by atoms with van der Waals surface area (Å²) in [5.41, 5.74) is 0.299. The minimum Gasteiger partial charge on any atom is -0.445 e. The van der Waals surface area contributed by atoms with Crippen LogP contribution in [0.1, 0.15) is 54.9 Å². The topological polar surface area (TPSA) is 76.5 Å². The van der Waals surface area contributed by atoms with Crippen LogP contribution in [0, 0.1) is 5.41 Å². The zero-order valence-corrected chi connectivity index (χ0v) is 19.8. The van der Waals surface area contributed by atoms with E-state index in [-0.39, 0.29) is 24.5 Å². The number of carbonyl (C=O) groups is 2. The summed E-state index contributed by atoms with van der Waals surface area (Å²) in [4.78, 5) is 27.8. The van der Waals surface area contributed by atoms with E-state index in [1.54, 1.807) is 11.0 Å². The molecule has 0 spiro atoms. The van der Waals surface area contributed by atoms with Gasteiger partial charge in [0.25, 0.3) is 5.91 Å². The Kier molecular flexibility index (Phi) is 7.43. The Labute approximate surface area is 192 Å². The number of rotatable bonds is 6. The number of hydrogen-bond acceptors (Lipinski definition) is 6. The number of amides is 1. The SMILES string of the molecule is C=CCOC(=O)N1CCC(c2cc(NCc3ccc(Cl)s3)n(C(=O)C(C)(C)C)n2)CC1. The van der Waals surface area contributed by atoms with Crippen LogP contribution in [-0.2, 0) is 11.3 Å². The molecule has 168 valence electrons. The van der Waals surface area contributed by atoms with E-state index in [0.29, 0.717) is 25.5 Å². The third-order valence-electron chi connectivity index (χ3n) is 5.13. The van der Waals surface area contributed by atoms with Crippen LogP contribution < -0.4 is 5.32 Å². The number of halogens is 1. The first kappa shape index (κ1) is 23.3. The molecule has 3 heterocycles. The van der Waals surface area contributed by atoms with Gasteiger partial charge in [-0.3, -0.25) is 4.79 Å². The quantitative estimate of drug-likeness (QED) is 0.579. The molecule has 0 aliphatic carbocycles. The third-order valence-corrected chi connectivity index (χ3v) is 6.36. The van der Waals surface area contributed by atoms with Crippen molar-refractivity contribution in [3.63, 3.8) is 0 Å². The molecule has 3 rings (SSSR count). The summed E-state index contributed by atoms with van der Waals surface area (Å²) in [6.07, 6.45) is 2.78. The van der Waals surface area contributed by atoms with Crippen molar-refractivity contribution in [2.24, 2.45) is 5.41 Å². The maximum absolute atomic E-state index is 13.0. The number of aromatic nitrogens is 2. The van der Waals surface area contributed by atoms with Gasteiger partial charge in [-0.2, -0.15) is 9.78 Å². The third kappa shape index (κ3) is 5.89. The van der Waals surface area contributed by atoms with E-state index < -0.39 is 5.41 Å². The number of anilines is 1. The second-order valence-corrected chi connectivity index (χ2v) is 10.4. The summed E-state index contributed by atoms with van der Waals surface area (Å²) < 4.78 is 7.34. The van der Waals surface area contributed by atoms with Gasteiger partial charge >= 0.3 is 6.09 Å². The molecule has 1 N–H and O–H groups in total. The molecule has 0 unspecified atom stereocenters. The van der Waals surface area contributed by atoms with Crippen LogP contribution in [0.3, 0.4) is 0 Å². The molecule has 0 bridgehead atoms. The predicted molar refractivity (Wildman–Crippen MR) is 124 cm³/mol. The highest BCUT2D eigenvalue weighted by atomic mass is 35.5. The Morgan fingerprint density at radius 1 is 1.35 bits per heavy atom. The molecule has 1 fully saturated rings. The Balaban J connectivity index is 1.73. The number of ether oxygens (including phenoxy) is 1. The largest absolute Gasteiger partial charge is 0.445 e. The van der Waals surface area contributed by atoms with Gasteiger partial charge < -0.3 is 15.0 Å². The Bertz CT molecular complexity index is 939. The summed E-state index contributed by atoms with van der Waals surface area (Å²) in [6.45, 7) is 11.2. The molecule has 0 radical (unpaired) electrons. The monoisotopic (exact) mass is 464 g/mol. The van der Waals surface area contributed by atoms with Gasteiger partial charge in [0.05, 0.1) is 16.6 Å².